The lowest BCUT2D eigenvalue weighted by atomic mass is 10.2. The van der Waals surface area contributed by atoms with Gasteiger partial charge in [0.15, 0.2) is 16.9 Å². The molecule has 3 aliphatic rings. The molecule has 0 spiro atoms. The standard InChI is InChI=1S/C25H31N9O3.C20H23N9O.C15H18ClN7O2.C8H10N2O/c1-15(2)33-14-19(30-31-33)17-13-27-34-21(32(6)24(35)37-25(3,4)5)12-20(29-22(17)34)28-18-8-7-11-26-23(18)36-16-9-10-16;1-12(2)28-11-16(26-27-28)14-10-23-29-18(21-3)9-17(25-19(14)29)24-15-5-4-8-22-20(15)30-13-6-7-13;1-15(2,3)25-14(24)22(5)12-6-11(16)18-13-9(7-17-23(12)13)10-8-21(4)20-19-10;9-7-2-1-5-10-8(7)11-6-3-4-6/h7-8,11-16H,9-10H2,1-6H3,(H,28,29);4-5,8-13,21H,6-7H2,1-3H3,(H,24,25);6-8H,1-5H3;1-2,5-6H,3-4,9H2. The zero-order valence-electron chi connectivity index (χ0n) is 59.6. The van der Waals surface area contributed by atoms with Gasteiger partial charge in [-0.3, -0.25) is 14.5 Å². The number of carbonyl (C=O) groups excluding carboxylic acids is 2. The number of hydrogen-bond donors (Lipinski definition) is 4. The Morgan fingerprint density at radius 2 is 0.971 bits per heavy atom. The predicted octanol–water partition coefficient (Wildman–Crippen LogP) is 11.7. The molecule has 3 fully saturated rings. The Kier molecular flexibility index (Phi) is 20.5. The first-order chi connectivity index (χ1) is 49.2. The molecule has 5 N–H and O–H groups in total. The van der Waals surface area contributed by atoms with Gasteiger partial charge in [0.1, 0.15) is 92.2 Å². The maximum Gasteiger partial charge on any atom is 0.415 e. The summed E-state index contributed by atoms with van der Waals surface area (Å²) in [4.78, 5) is 54.8. The lowest BCUT2D eigenvalue weighted by Crippen LogP contribution is -2.35. The number of carbonyl (C=O) groups is 2. The summed E-state index contributed by atoms with van der Waals surface area (Å²) in [6.45, 7) is 19.0. The highest BCUT2D eigenvalue weighted by Crippen LogP contribution is 2.37. The number of hydrogen-bond acceptors (Lipinski definition) is 26. The van der Waals surface area contributed by atoms with Crippen LogP contribution in [-0.4, -0.2) is 167 Å². The number of ether oxygens (including phenoxy) is 5. The van der Waals surface area contributed by atoms with Gasteiger partial charge in [0.05, 0.1) is 59.6 Å². The van der Waals surface area contributed by atoms with Gasteiger partial charge in [-0.25, -0.2) is 48.9 Å². The summed E-state index contributed by atoms with van der Waals surface area (Å²) in [5.41, 5.74) is 12.2. The first kappa shape index (κ1) is 71.0. The number of aryl methyl sites for hydroxylation is 1. The van der Waals surface area contributed by atoms with Crippen LogP contribution >= 0.6 is 11.6 Å². The summed E-state index contributed by atoms with van der Waals surface area (Å²) in [5, 5.41) is 48.4. The van der Waals surface area contributed by atoms with Crippen molar-refractivity contribution in [3.8, 4) is 51.4 Å². The van der Waals surface area contributed by atoms with Crippen molar-refractivity contribution in [1.29, 1.82) is 0 Å². The molecule has 0 aliphatic heterocycles. The Bertz CT molecular complexity index is 4980. The number of fused-ring (bicyclic) bond motifs is 3. The van der Waals surface area contributed by atoms with Crippen molar-refractivity contribution in [2.75, 3.05) is 52.6 Å². The smallest absolute Gasteiger partial charge is 0.415 e. The van der Waals surface area contributed by atoms with Gasteiger partial charge in [-0.1, -0.05) is 27.2 Å². The number of rotatable bonds is 18. The van der Waals surface area contributed by atoms with Crippen molar-refractivity contribution >= 4 is 86.9 Å². The minimum Gasteiger partial charge on any atom is -0.473 e. The zero-order chi connectivity index (χ0) is 73.0. The van der Waals surface area contributed by atoms with Gasteiger partial charge in [-0.2, -0.15) is 28.8 Å². The average molecular weight is 1430 g/mol. The average Bonchev–Trinajstić information content (AvgIpc) is 1.66. The van der Waals surface area contributed by atoms with Crippen molar-refractivity contribution in [2.24, 2.45) is 7.05 Å². The number of pyridine rings is 3. The molecule has 3 saturated carbocycles. The number of nitrogens with two attached hydrogens (primary N) is 1. The molecule has 2 amide bonds. The lowest BCUT2D eigenvalue weighted by Gasteiger charge is -2.25. The van der Waals surface area contributed by atoms with Gasteiger partial charge in [-0.15, -0.1) is 15.3 Å². The fourth-order valence-electron chi connectivity index (χ4n) is 9.75. The maximum absolute atomic E-state index is 13.0. The van der Waals surface area contributed by atoms with E-state index < -0.39 is 23.4 Å². The van der Waals surface area contributed by atoms with Crippen LogP contribution in [0.4, 0.5) is 55.7 Å². The highest BCUT2D eigenvalue weighted by atomic mass is 35.5. The van der Waals surface area contributed by atoms with Crippen molar-refractivity contribution < 1.29 is 33.3 Å². The number of anilines is 8. The van der Waals surface area contributed by atoms with Gasteiger partial charge in [-0.05, 0) is 144 Å². The van der Waals surface area contributed by atoms with Gasteiger partial charge in [0.25, 0.3) is 0 Å². The molecule has 0 saturated heterocycles. The largest absolute Gasteiger partial charge is 0.473 e. The minimum absolute atomic E-state index is 0.151. The molecule has 15 rings (SSSR count). The van der Waals surface area contributed by atoms with Gasteiger partial charge >= 0.3 is 12.2 Å². The number of nitrogens with zero attached hydrogens (tertiary/aromatic N) is 23. The van der Waals surface area contributed by atoms with Crippen molar-refractivity contribution in [3.63, 3.8) is 0 Å². The SMILES string of the molecule is CC(C)n1cc(-c2cnn3c(N(C)C(=O)OC(C)(C)C)cc(Nc4cccnc4OC4CC4)nc23)nn1.CN(C(=O)OC(C)(C)C)c1cc(Cl)nc2c(-c3cn(C)nn3)cnn12.CNc1cc(Nc2cccnc2OC2CC2)nc2c(-c3cn(C(C)C)nn3)cnn12.Nc1cccnc1OC1CC1. The summed E-state index contributed by atoms with van der Waals surface area (Å²) < 4.78 is 38.3. The molecule has 12 aromatic rings. The molecular formula is C68H82ClN27O7. The zero-order valence-corrected chi connectivity index (χ0v) is 60.4. The van der Waals surface area contributed by atoms with Crippen LogP contribution in [0, 0.1) is 0 Å². The Morgan fingerprint density at radius 3 is 1.40 bits per heavy atom. The van der Waals surface area contributed by atoms with E-state index in [2.05, 4.69) is 96.0 Å². The minimum atomic E-state index is -0.659. The third-order valence-corrected chi connectivity index (χ3v) is 15.6. The number of nitrogens with one attached hydrogen (secondary N) is 3. The van der Waals surface area contributed by atoms with Gasteiger partial charge in [0.2, 0.25) is 17.6 Å². The van der Waals surface area contributed by atoms with Crippen LogP contribution in [0.5, 0.6) is 17.6 Å². The van der Waals surface area contributed by atoms with E-state index >= 15 is 0 Å². The fraction of sp³-hybridized carbons (Fsp3) is 0.397. The van der Waals surface area contributed by atoms with Crippen LogP contribution < -0.4 is 45.7 Å². The van der Waals surface area contributed by atoms with E-state index in [9.17, 15) is 9.59 Å². The summed E-state index contributed by atoms with van der Waals surface area (Å²) in [6, 6.07) is 16.6. The number of halogens is 1. The molecule has 35 heteroatoms. The predicted molar refractivity (Wildman–Crippen MR) is 386 cm³/mol. The van der Waals surface area contributed by atoms with E-state index in [-0.39, 0.29) is 29.4 Å². The Morgan fingerprint density at radius 1 is 0.563 bits per heavy atom. The highest BCUT2D eigenvalue weighted by molar-refractivity contribution is 6.30. The molecule has 0 aromatic carbocycles. The Balaban J connectivity index is 0.000000137. The quantitative estimate of drug-likeness (QED) is 0.0580. The van der Waals surface area contributed by atoms with Crippen molar-refractivity contribution in [1.82, 2.24) is 104 Å². The van der Waals surface area contributed by atoms with Crippen LogP contribution in [0.15, 0.2) is 110 Å². The van der Waals surface area contributed by atoms with E-state index in [0.717, 1.165) is 61.3 Å². The first-order valence-corrected chi connectivity index (χ1v) is 33.9. The van der Waals surface area contributed by atoms with E-state index in [1.165, 1.54) is 14.3 Å². The normalized spacial score (nSPS) is 13.5. The van der Waals surface area contributed by atoms with Crippen molar-refractivity contribution in [2.45, 2.75) is 149 Å². The fourth-order valence-corrected chi connectivity index (χ4v) is 9.92. The number of aromatic nitrogens is 21. The van der Waals surface area contributed by atoms with Crippen LogP contribution in [0.1, 0.15) is 120 Å². The third-order valence-electron chi connectivity index (χ3n) is 15.4. The van der Waals surface area contributed by atoms with Crippen molar-refractivity contribution in [3.05, 3.63) is 116 Å². The number of nitrogen functional groups attached to an aromatic ring is 1. The van der Waals surface area contributed by atoms with Crippen LogP contribution in [-0.2, 0) is 16.5 Å². The Hall–Kier alpha value is -11.8. The molecular weight excluding hydrogens is 1340 g/mol. The van der Waals surface area contributed by atoms with E-state index in [1.807, 2.05) is 89.1 Å². The maximum atomic E-state index is 13.0. The second kappa shape index (κ2) is 29.8. The summed E-state index contributed by atoms with van der Waals surface area (Å²) in [5.74, 6) is 4.47. The molecule has 0 radical (unpaired) electrons. The van der Waals surface area contributed by atoms with Crippen LogP contribution in [0.3, 0.4) is 0 Å². The molecule has 12 heterocycles. The molecule has 0 unspecified atom stereocenters. The third kappa shape index (κ3) is 17.5. The summed E-state index contributed by atoms with van der Waals surface area (Å²) in [7, 11) is 6.84. The molecule has 0 bridgehead atoms. The monoisotopic (exact) mass is 1420 g/mol. The molecule has 0 atom stereocenters. The molecule has 3 aliphatic carbocycles. The summed E-state index contributed by atoms with van der Waals surface area (Å²) in [6.07, 6.45) is 21.8. The first-order valence-electron chi connectivity index (χ1n) is 33.5. The number of amides is 2. The van der Waals surface area contributed by atoms with Crippen LogP contribution in [0.25, 0.3) is 50.7 Å². The van der Waals surface area contributed by atoms with E-state index in [1.54, 1.807) is 128 Å². The van der Waals surface area contributed by atoms with Gasteiger partial charge < -0.3 is 45.4 Å². The second-order valence-corrected chi connectivity index (χ2v) is 27.5. The van der Waals surface area contributed by atoms with E-state index in [4.69, 9.17) is 51.0 Å². The molecule has 12 aromatic heterocycles. The lowest BCUT2D eigenvalue weighted by molar-refractivity contribution is 0.0577. The highest BCUT2D eigenvalue weighted by Gasteiger charge is 2.31. The van der Waals surface area contributed by atoms with Crippen LogP contribution in [0.2, 0.25) is 5.15 Å². The molecule has 103 heavy (non-hydrogen) atoms. The topological polar surface area (TPSA) is 370 Å². The molecule has 34 nitrogen and oxygen atoms in total. The Labute approximate surface area is 597 Å². The van der Waals surface area contributed by atoms with E-state index in [0.29, 0.717) is 97.8 Å². The molecule has 538 valence electrons. The second-order valence-electron chi connectivity index (χ2n) is 27.1. The van der Waals surface area contributed by atoms with Gasteiger partial charge in [0, 0.05) is 77.1 Å². The summed E-state index contributed by atoms with van der Waals surface area (Å²) >= 11 is 6.15.